The van der Waals surface area contributed by atoms with Crippen molar-refractivity contribution in [1.82, 2.24) is 0 Å². The number of hydrogen-bond acceptors (Lipinski definition) is 0. The van der Waals surface area contributed by atoms with Crippen molar-refractivity contribution < 1.29 is 48.3 Å². The van der Waals surface area contributed by atoms with E-state index in [1.807, 2.05) is 0 Å². The van der Waals surface area contributed by atoms with Crippen molar-refractivity contribution in [3.63, 3.8) is 0 Å². The molecular formula is C18H4AlF11. The minimum Gasteiger partial charge on any atom is -0.208 e. The van der Waals surface area contributed by atoms with Crippen LogP contribution in [-0.2, 0) is 0 Å². The first-order chi connectivity index (χ1) is 14.0. The summed E-state index contributed by atoms with van der Waals surface area (Å²) >= 11 is -5.05. The first kappa shape index (κ1) is 22.1. The van der Waals surface area contributed by atoms with Gasteiger partial charge in [-0.15, -0.1) is 0 Å². The van der Waals surface area contributed by atoms with E-state index in [0.717, 1.165) is 0 Å². The van der Waals surface area contributed by atoms with Crippen molar-refractivity contribution in [2.75, 3.05) is 0 Å². The van der Waals surface area contributed by atoms with Crippen molar-refractivity contribution in [2.24, 2.45) is 0 Å². The van der Waals surface area contributed by atoms with Gasteiger partial charge in [-0.25, -0.2) is 48.3 Å². The van der Waals surface area contributed by atoms with Gasteiger partial charge < -0.3 is 0 Å². The summed E-state index contributed by atoms with van der Waals surface area (Å²) in [5.74, 6) is -23.1. The average molecular weight is 456 g/mol. The van der Waals surface area contributed by atoms with Crippen LogP contribution in [0, 0.1) is 64.0 Å². The Bertz CT molecular complexity index is 1040. The largest absolute Gasteiger partial charge is 0.412 e. The fourth-order valence-electron chi connectivity index (χ4n) is 2.95. The van der Waals surface area contributed by atoms with Crippen LogP contribution in [0.2, 0.25) is 0 Å². The standard InChI is InChI=1S/2C6HF4.C6H2F3.Al/c2*7-3-1-4(8)6(10)2-5(3)9;7-4-1-5(8)3-6(9)2-4;/h2*1H;1-2H;. The third kappa shape index (κ3) is 3.54. The lowest BCUT2D eigenvalue weighted by Gasteiger charge is -2.19. The normalized spacial score (nSPS) is 11.2. The molecule has 0 bridgehead atoms. The molecule has 3 rings (SSSR count). The van der Waals surface area contributed by atoms with E-state index in [4.69, 9.17) is 0 Å². The van der Waals surface area contributed by atoms with E-state index < -0.39 is 91.4 Å². The molecular weight excluding hydrogens is 452 g/mol. The Morgan fingerprint density at radius 1 is 0.367 bits per heavy atom. The van der Waals surface area contributed by atoms with Crippen LogP contribution in [0.4, 0.5) is 48.3 Å². The highest BCUT2D eigenvalue weighted by molar-refractivity contribution is 6.95. The van der Waals surface area contributed by atoms with Crippen LogP contribution < -0.4 is 13.3 Å². The van der Waals surface area contributed by atoms with Gasteiger partial charge in [0.1, 0.15) is 40.7 Å². The molecule has 0 aromatic heterocycles. The van der Waals surface area contributed by atoms with Gasteiger partial charge in [0.05, 0.1) is 0 Å². The van der Waals surface area contributed by atoms with Gasteiger partial charge in [0.15, 0.2) is 23.3 Å². The predicted octanol–water partition coefficient (Wildman–Crippen LogP) is 3.73. The first-order valence-electron chi connectivity index (χ1n) is 7.75. The number of hydrogen-bond donors (Lipinski definition) is 0. The van der Waals surface area contributed by atoms with Crippen LogP contribution in [0.3, 0.4) is 0 Å². The minimum atomic E-state index is -5.05. The lowest BCUT2D eigenvalue weighted by molar-refractivity contribution is 0.459. The van der Waals surface area contributed by atoms with Crippen molar-refractivity contribution in [3.8, 4) is 0 Å². The van der Waals surface area contributed by atoms with E-state index in [1.165, 1.54) is 0 Å². The Labute approximate surface area is 164 Å². The van der Waals surface area contributed by atoms with Gasteiger partial charge in [-0.05, 0) is 13.3 Å². The summed E-state index contributed by atoms with van der Waals surface area (Å²) in [5, 5.41) is 0. The molecule has 3 aromatic carbocycles. The molecule has 0 heterocycles. The molecule has 12 heteroatoms. The molecule has 3 aromatic rings. The Morgan fingerprint density at radius 3 is 0.967 bits per heavy atom. The van der Waals surface area contributed by atoms with Gasteiger partial charge in [-0.3, -0.25) is 0 Å². The molecule has 0 atom stereocenters. The fourth-order valence-corrected chi connectivity index (χ4v) is 6.10. The maximum atomic E-state index is 14.4. The van der Waals surface area contributed by atoms with Crippen molar-refractivity contribution in [1.29, 1.82) is 0 Å². The van der Waals surface area contributed by atoms with Crippen LogP contribution in [0.5, 0.6) is 0 Å². The third-order valence-electron chi connectivity index (χ3n) is 4.20. The predicted molar refractivity (Wildman–Crippen MR) is 83.5 cm³/mol. The van der Waals surface area contributed by atoms with E-state index >= 15 is 0 Å². The molecule has 0 aliphatic rings. The fraction of sp³-hybridized carbons (Fsp3) is 0. The van der Waals surface area contributed by atoms with Crippen molar-refractivity contribution in [3.05, 3.63) is 88.3 Å². The first-order valence-corrected chi connectivity index (χ1v) is 9.49. The maximum Gasteiger partial charge on any atom is 0.412 e. The van der Waals surface area contributed by atoms with E-state index in [-0.39, 0.29) is 24.3 Å². The molecule has 156 valence electrons. The summed E-state index contributed by atoms with van der Waals surface area (Å²) in [7, 11) is 0. The molecule has 0 spiro atoms. The molecule has 0 fully saturated rings. The van der Waals surface area contributed by atoms with Crippen LogP contribution >= 0.6 is 0 Å². The molecule has 0 saturated carbocycles. The molecule has 0 saturated heterocycles. The lowest BCUT2D eigenvalue weighted by atomic mass is 10.3. The van der Waals surface area contributed by atoms with Crippen molar-refractivity contribution in [2.45, 2.75) is 0 Å². The molecule has 0 radical (unpaired) electrons. The summed E-state index contributed by atoms with van der Waals surface area (Å²) in [4.78, 5) is 0. The van der Waals surface area contributed by atoms with Gasteiger partial charge >= 0.3 is 14.1 Å². The molecule has 0 aliphatic carbocycles. The second kappa shape index (κ2) is 7.92. The van der Waals surface area contributed by atoms with Crippen molar-refractivity contribution >= 4 is 27.4 Å². The highest BCUT2D eigenvalue weighted by atomic mass is 27.2. The smallest absolute Gasteiger partial charge is 0.208 e. The van der Waals surface area contributed by atoms with E-state index in [9.17, 15) is 48.3 Å². The summed E-state index contributed by atoms with van der Waals surface area (Å²) in [6.07, 6.45) is 0. The second-order valence-corrected chi connectivity index (χ2v) is 8.58. The molecule has 30 heavy (non-hydrogen) atoms. The van der Waals surface area contributed by atoms with Gasteiger partial charge in [-0.2, -0.15) is 0 Å². The monoisotopic (exact) mass is 456 g/mol. The number of benzene rings is 3. The maximum absolute atomic E-state index is 14.4. The van der Waals surface area contributed by atoms with E-state index in [1.54, 1.807) is 0 Å². The molecule has 0 unspecified atom stereocenters. The Hall–Kier alpha value is -2.58. The molecule has 0 N–H and O–H groups in total. The van der Waals surface area contributed by atoms with Gasteiger partial charge in [0.25, 0.3) is 0 Å². The summed E-state index contributed by atoms with van der Waals surface area (Å²) in [5.41, 5.74) is 0. The Morgan fingerprint density at radius 2 is 0.667 bits per heavy atom. The highest BCUT2D eigenvalue weighted by Gasteiger charge is 2.43. The molecule has 0 aliphatic heterocycles. The van der Waals surface area contributed by atoms with Crippen LogP contribution in [0.1, 0.15) is 0 Å². The Kier molecular flexibility index (Phi) is 5.84. The Balaban J connectivity index is 2.56. The highest BCUT2D eigenvalue weighted by Crippen LogP contribution is 2.18. The van der Waals surface area contributed by atoms with Crippen LogP contribution in [0.25, 0.3) is 0 Å². The van der Waals surface area contributed by atoms with Crippen LogP contribution in [-0.4, -0.2) is 14.1 Å². The zero-order chi connectivity index (χ0) is 22.5. The zero-order valence-corrected chi connectivity index (χ0v) is 15.2. The topological polar surface area (TPSA) is 0 Å². The van der Waals surface area contributed by atoms with Gasteiger partial charge in [0, 0.05) is 24.3 Å². The molecule has 0 nitrogen and oxygen atoms in total. The minimum absolute atomic E-state index is 0.0463. The van der Waals surface area contributed by atoms with Crippen LogP contribution in [0.15, 0.2) is 24.3 Å². The van der Waals surface area contributed by atoms with E-state index in [2.05, 4.69) is 0 Å². The quantitative estimate of drug-likeness (QED) is 0.320. The van der Waals surface area contributed by atoms with E-state index in [0.29, 0.717) is 0 Å². The van der Waals surface area contributed by atoms with Gasteiger partial charge in [-0.1, -0.05) is 0 Å². The zero-order valence-electron chi connectivity index (χ0n) is 14.0. The molecule has 0 amide bonds. The second-order valence-electron chi connectivity index (χ2n) is 5.98. The SMILES string of the molecule is Fc1cc(F)[c]([Al]([c]2c(F)c(F)cc(F)c2F)[c]2c(F)c(F)cc(F)c2F)c(F)c1. The third-order valence-corrected chi connectivity index (χ3v) is 7.50. The van der Waals surface area contributed by atoms with Gasteiger partial charge in [0.2, 0.25) is 0 Å². The average Bonchev–Trinajstić information content (AvgIpc) is 2.64. The summed E-state index contributed by atoms with van der Waals surface area (Å²) in [6, 6.07) is -0.684. The summed E-state index contributed by atoms with van der Waals surface area (Å²) in [6.45, 7) is 0. The summed E-state index contributed by atoms with van der Waals surface area (Å²) < 4.78 is 149. The lowest BCUT2D eigenvalue weighted by Crippen LogP contribution is -2.59. The number of halogens is 11. The number of rotatable bonds is 3.